The lowest BCUT2D eigenvalue weighted by Gasteiger charge is -2.15. The third kappa shape index (κ3) is 7.27. The molecule has 0 aliphatic carbocycles. The van der Waals surface area contributed by atoms with E-state index < -0.39 is 11.7 Å². The normalized spacial score (nSPS) is 11.2. The molecular formula is C24H27F3N4O2. The topological polar surface area (TPSA) is 68.3 Å². The lowest BCUT2D eigenvalue weighted by molar-refractivity contribution is -0.137. The zero-order chi connectivity index (χ0) is 23.7. The van der Waals surface area contributed by atoms with Crippen LogP contribution in [0.1, 0.15) is 38.7 Å². The molecule has 1 aromatic heterocycles. The quantitative estimate of drug-likeness (QED) is 0.302. The molecule has 0 bridgehead atoms. The summed E-state index contributed by atoms with van der Waals surface area (Å²) in [5.74, 6) is 0.954. The fraction of sp³-hybridized carbons (Fsp3) is 0.333. The molecule has 3 rings (SSSR count). The van der Waals surface area contributed by atoms with Gasteiger partial charge in [0.1, 0.15) is 22.9 Å². The first kappa shape index (κ1) is 24.2. The Bertz CT molecular complexity index is 1030. The summed E-state index contributed by atoms with van der Waals surface area (Å²) >= 11 is 0. The van der Waals surface area contributed by atoms with Crippen LogP contribution in [0.2, 0.25) is 0 Å². The summed E-state index contributed by atoms with van der Waals surface area (Å²) in [4.78, 5) is 7.93. The van der Waals surface area contributed by atoms with Gasteiger partial charge in [0, 0.05) is 23.6 Å². The summed E-state index contributed by atoms with van der Waals surface area (Å²) in [5.41, 5.74) is 0.0844. The van der Waals surface area contributed by atoms with Crippen LogP contribution in [0.5, 0.6) is 11.5 Å². The van der Waals surface area contributed by atoms with E-state index in [0.29, 0.717) is 36.1 Å². The van der Waals surface area contributed by atoms with Crippen LogP contribution >= 0.6 is 0 Å². The van der Waals surface area contributed by atoms with Gasteiger partial charge in [-0.1, -0.05) is 26.3 Å². The fourth-order valence-corrected chi connectivity index (χ4v) is 2.86. The van der Waals surface area contributed by atoms with Gasteiger partial charge in [0.25, 0.3) is 0 Å². The Morgan fingerprint density at radius 2 is 1.61 bits per heavy atom. The molecule has 6 nitrogen and oxygen atoms in total. The number of hydrogen-bond donors (Lipinski definition) is 2. The molecule has 0 fully saturated rings. The molecule has 3 aromatic rings. The Balaban J connectivity index is 1.80. The molecule has 9 heteroatoms. The molecule has 0 saturated heterocycles. The number of anilines is 4. The summed E-state index contributed by atoms with van der Waals surface area (Å²) in [6.07, 6.45) is -1.09. The van der Waals surface area contributed by atoms with Gasteiger partial charge in [-0.05, 0) is 49.2 Å². The van der Waals surface area contributed by atoms with Crippen LogP contribution in [-0.4, -0.2) is 23.2 Å². The van der Waals surface area contributed by atoms with E-state index in [1.165, 1.54) is 0 Å². The molecule has 0 atom stereocenters. The van der Waals surface area contributed by atoms with Gasteiger partial charge in [-0.25, -0.2) is 4.98 Å². The van der Waals surface area contributed by atoms with Crippen molar-refractivity contribution in [1.82, 2.24) is 9.97 Å². The van der Waals surface area contributed by atoms with Gasteiger partial charge in [-0.2, -0.15) is 18.2 Å². The van der Waals surface area contributed by atoms with Crippen molar-refractivity contribution in [3.05, 3.63) is 60.3 Å². The number of nitrogens with one attached hydrogen (secondary N) is 2. The molecule has 0 spiro atoms. The summed E-state index contributed by atoms with van der Waals surface area (Å²) in [5, 5.41) is 5.69. The SMILES string of the molecule is CCCCOc1cccc(Nc2nc(Nc3ccc(OCCC)cc3)ncc2C(F)(F)F)c1. The van der Waals surface area contributed by atoms with E-state index in [4.69, 9.17) is 9.47 Å². The van der Waals surface area contributed by atoms with E-state index in [1.54, 1.807) is 48.5 Å². The Morgan fingerprint density at radius 3 is 2.30 bits per heavy atom. The van der Waals surface area contributed by atoms with Crippen LogP contribution < -0.4 is 20.1 Å². The third-order valence-electron chi connectivity index (χ3n) is 4.54. The van der Waals surface area contributed by atoms with Gasteiger partial charge in [-0.3, -0.25) is 0 Å². The smallest absolute Gasteiger partial charge is 0.421 e. The molecule has 0 saturated carbocycles. The van der Waals surface area contributed by atoms with Crippen molar-refractivity contribution < 1.29 is 22.6 Å². The molecule has 0 radical (unpaired) electrons. The van der Waals surface area contributed by atoms with E-state index in [9.17, 15) is 13.2 Å². The number of aromatic nitrogens is 2. The number of alkyl halides is 3. The molecule has 2 N–H and O–H groups in total. The molecule has 0 aliphatic heterocycles. The number of halogens is 3. The standard InChI is InChI=1S/C24H27F3N4O2/c1-3-5-14-33-20-8-6-7-18(15-20)29-22-21(24(25,26)27)16-28-23(31-22)30-17-9-11-19(12-10-17)32-13-4-2/h6-12,15-16H,3-5,13-14H2,1-2H3,(H2,28,29,30,31). The Morgan fingerprint density at radius 1 is 0.848 bits per heavy atom. The van der Waals surface area contributed by atoms with Gasteiger partial charge in [0.15, 0.2) is 0 Å². The third-order valence-corrected chi connectivity index (χ3v) is 4.54. The maximum absolute atomic E-state index is 13.6. The van der Waals surface area contributed by atoms with Gasteiger partial charge in [-0.15, -0.1) is 0 Å². The van der Waals surface area contributed by atoms with Crippen LogP contribution in [0.3, 0.4) is 0 Å². The van der Waals surface area contributed by atoms with Gasteiger partial charge in [0.05, 0.1) is 13.2 Å². The van der Waals surface area contributed by atoms with Crippen LogP contribution in [0.25, 0.3) is 0 Å². The van der Waals surface area contributed by atoms with Crippen LogP contribution in [0.4, 0.5) is 36.3 Å². The van der Waals surface area contributed by atoms with E-state index in [-0.39, 0.29) is 11.8 Å². The average molecular weight is 461 g/mol. The van der Waals surface area contributed by atoms with Crippen molar-refractivity contribution >= 4 is 23.1 Å². The average Bonchev–Trinajstić information content (AvgIpc) is 2.78. The molecule has 0 unspecified atom stereocenters. The number of hydrogen-bond acceptors (Lipinski definition) is 6. The first-order chi connectivity index (χ1) is 15.9. The molecule has 2 aromatic carbocycles. The number of rotatable bonds is 11. The fourth-order valence-electron chi connectivity index (χ4n) is 2.86. The lowest BCUT2D eigenvalue weighted by atomic mass is 10.2. The molecule has 0 aliphatic rings. The second-order valence-electron chi connectivity index (χ2n) is 7.31. The summed E-state index contributed by atoms with van der Waals surface area (Å²) in [7, 11) is 0. The van der Waals surface area contributed by atoms with E-state index >= 15 is 0 Å². The van der Waals surface area contributed by atoms with E-state index in [1.807, 2.05) is 6.92 Å². The molecular weight excluding hydrogens is 433 g/mol. The predicted molar refractivity (Wildman–Crippen MR) is 123 cm³/mol. The number of ether oxygens (including phenoxy) is 2. The van der Waals surface area contributed by atoms with E-state index in [0.717, 1.165) is 25.5 Å². The first-order valence-electron chi connectivity index (χ1n) is 10.8. The van der Waals surface area contributed by atoms with Crippen molar-refractivity contribution in [3.8, 4) is 11.5 Å². The second-order valence-corrected chi connectivity index (χ2v) is 7.31. The largest absolute Gasteiger partial charge is 0.494 e. The van der Waals surface area contributed by atoms with Crippen molar-refractivity contribution in [2.24, 2.45) is 0 Å². The summed E-state index contributed by atoms with van der Waals surface area (Å²) < 4.78 is 51.9. The monoisotopic (exact) mass is 460 g/mol. The Kier molecular flexibility index (Phi) is 8.34. The highest BCUT2D eigenvalue weighted by Gasteiger charge is 2.35. The van der Waals surface area contributed by atoms with Crippen molar-refractivity contribution in [2.45, 2.75) is 39.3 Å². The maximum atomic E-state index is 13.6. The van der Waals surface area contributed by atoms with Crippen molar-refractivity contribution in [1.29, 1.82) is 0 Å². The maximum Gasteiger partial charge on any atom is 0.421 e. The summed E-state index contributed by atoms with van der Waals surface area (Å²) in [6.45, 7) is 5.21. The highest BCUT2D eigenvalue weighted by molar-refractivity contribution is 5.64. The second kappa shape index (κ2) is 11.4. The van der Waals surface area contributed by atoms with Gasteiger partial charge >= 0.3 is 6.18 Å². The molecule has 1 heterocycles. The Hall–Kier alpha value is -3.49. The van der Waals surface area contributed by atoms with E-state index in [2.05, 4.69) is 27.5 Å². The minimum Gasteiger partial charge on any atom is -0.494 e. The summed E-state index contributed by atoms with van der Waals surface area (Å²) in [6, 6.07) is 13.8. The highest BCUT2D eigenvalue weighted by Crippen LogP contribution is 2.35. The minimum atomic E-state index is -4.62. The van der Waals surface area contributed by atoms with Gasteiger partial charge < -0.3 is 20.1 Å². The lowest BCUT2D eigenvalue weighted by Crippen LogP contribution is -2.12. The number of benzene rings is 2. The number of nitrogens with zero attached hydrogens (tertiary/aromatic N) is 2. The number of unbranched alkanes of at least 4 members (excludes halogenated alkanes) is 1. The molecule has 0 amide bonds. The van der Waals surface area contributed by atoms with Crippen LogP contribution in [0.15, 0.2) is 54.7 Å². The zero-order valence-corrected chi connectivity index (χ0v) is 18.6. The minimum absolute atomic E-state index is 0.0306. The predicted octanol–water partition coefficient (Wildman–Crippen LogP) is 6.95. The Labute approximate surface area is 191 Å². The first-order valence-corrected chi connectivity index (χ1v) is 10.8. The van der Waals surface area contributed by atoms with Crippen LogP contribution in [0, 0.1) is 0 Å². The molecule has 176 valence electrons. The van der Waals surface area contributed by atoms with Gasteiger partial charge in [0.2, 0.25) is 5.95 Å². The highest BCUT2D eigenvalue weighted by atomic mass is 19.4. The van der Waals surface area contributed by atoms with Crippen molar-refractivity contribution in [2.75, 3.05) is 23.8 Å². The molecule has 33 heavy (non-hydrogen) atoms. The van der Waals surface area contributed by atoms with Crippen LogP contribution in [-0.2, 0) is 6.18 Å². The van der Waals surface area contributed by atoms with Crippen molar-refractivity contribution in [3.63, 3.8) is 0 Å². The zero-order valence-electron chi connectivity index (χ0n) is 18.6.